The van der Waals surface area contributed by atoms with Crippen molar-refractivity contribution in [3.05, 3.63) is 138 Å². The summed E-state index contributed by atoms with van der Waals surface area (Å²) in [6.45, 7) is 0. The first-order valence-electron chi connectivity index (χ1n) is 22.5. The fraction of sp³-hybridized carbons (Fsp3) is 0.396. The number of anilines is 1. The third-order valence-corrected chi connectivity index (χ3v) is 16.6. The SMILES string of the molecule is C1=CC2CC2C=C1C1CC(C2=c3sc4c(c3=CCC2)CCCC4)=NC(C2CCc3c(oc4c3=CCC(N3c5ccccc5C5=CCC(c6ccccc6)CC53)C=4)C2)=N1. The van der Waals surface area contributed by atoms with E-state index < -0.39 is 0 Å². The van der Waals surface area contributed by atoms with Crippen molar-refractivity contribution < 1.29 is 4.42 Å². The number of allylic oxidation sites excluding steroid dienone is 3. The Hall–Kier alpha value is -4.74. The highest BCUT2D eigenvalue weighted by molar-refractivity contribution is 7.10. The molecule has 7 unspecified atom stereocenters. The molecule has 1 saturated carbocycles. The van der Waals surface area contributed by atoms with Gasteiger partial charge in [-0.2, -0.15) is 0 Å². The van der Waals surface area contributed by atoms with Gasteiger partial charge in [-0.3, -0.25) is 4.99 Å². The van der Waals surface area contributed by atoms with Crippen molar-refractivity contribution in [2.24, 2.45) is 27.7 Å². The Labute approximate surface area is 345 Å². The van der Waals surface area contributed by atoms with Crippen LogP contribution in [-0.2, 0) is 25.7 Å². The number of hydrogen-bond donors (Lipinski definition) is 0. The third kappa shape index (κ3) is 5.51. The number of nitrogens with zero attached hydrogens (tertiary/aromatic N) is 3. The Balaban J connectivity index is 0.838. The summed E-state index contributed by atoms with van der Waals surface area (Å²) in [5.41, 5.74) is 14.2. The van der Waals surface area contributed by atoms with Gasteiger partial charge in [-0.05, 0) is 140 Å². The van der Waals surface area contributed by atoms with Gasteiger partial charge in [0.15, 0.2) is 0 Å². The van der Waals surface area contributed by atoms with Gasteiger partial charge in [-0.15, -0.1) is 11.3 Å². The summed E-state index contributed by atoms with van der Waals surface area (Å²) in [4.78, 5) is 15.6. The molecule has 0 radical (unpaired) electrons. The number of thiophene rings is 1. The number of para-hydroxylation sites is 1. The molecule has 0 amide bonds. The molecule has 0 bridgehead atoms. The monoisotopic (exact) mass is 777 g/mol. The van der Waals surface area contributed by atoms with E-state index in [-0.39, 0.29) is 18.0 Å². The van der Waals surface area contributed by atoms with Crippen LogP contribution in [0.25, 0.3) is 29.4 Å². The predicted molar refractivity (Wildman–Crippen MR) is 239 cm³/mol. The van der Waals surface area contributed by atoms with Crippen LogP contribution in [0.15, 0.2) is 98.9 Å². The van der Waals surface area contributed by atoms with Gasteiger partial charge in [0.25, 0.3) is 0 Å². The zero-order chi connectivity index (χ0) is 37.9. The average molecular weight is 778 g/mol. The van der Waals surface area contributed by atoms with E-state index in [0.717, 1.165) is 80.9 Å². The molecule has 13 rings (SSSR count). The zero-order valence-electron chi connectivity index (χ0n) is 33.3. The normalized spacial score (nSPS) is 30.0. The van der Waals surface area contributed by atoms with Crippen molar-refractivity contribution >= 4 is 57.9 Å². The molecule has 4 heterocycles. The summed E-state index contributed by atoms with van der Waals surface area (Å²) in [5.74, 6) is 4.54. The molecule has 2 aromatic heterocycles. The number of furan rings is 1. The van der Waals surface area contributed by atoms with E-state index >= 15 is 0 Å². The molecule has 290 valence electrons. The molecular weight excluding hydrogens is 727 g/mol. The molecule has 0 saturated heterocycles. The second kappa shape index (κ2) is 13.4. The van der Waals surface area contributed by atoms with E-state index in [9.17, 15) is 0 Å². The number of rotatable bonds is 5. The number of aliphatic imine (C=N–C) groups is 2. The first-order valence-corrected chi connectivity index (χ1v) is 23.4. The van der Waals surface area contributed by atoms with Crippen LogP contribution in [0.5, 0.6) is 0 Å². The van der Waals surface area contributed by atoms with Crippen molar-refractivity contribution in [2.75, 3.05) is 4.90 Å². The second-order valence-corrected chi connectivity index (χ2v) is 19.7. The summed E-state index contributed by atoms with van der Waals surface area (Å²) >= 11 is 2.09. The van der Waals surface area contributed by atoms with Crippen LogP contribution in [0, 0.1) is 17.8 Å². The van der Waals surface area contributed by atoms with Crippen molar-refractivity contribution in [3.63, 3.8) is 0 Å². The lowest BCUT2D eigenvalue weighted by molar-refractivity contribution is 0.427. The summed E-state index contributed by atoms with van der Waals surface area (Å²) in [7, 11) is 0. The Kier molecular flexibility index (Phi) is 7.89. The maximum absolute atomic E-state index is 6.99. The largest absolute Gasteiger partial charge is 0.461 e. The fourth-order valence-electron chi connectivity index (χ4n) is 12.2. The first-order chi connectivity index (χ1) is 28.7. The van der Waals surface area contributed by atoms with Gasteiger partial charge in [0, 0.05) is 55.9 Å². The number of amidine groups is 1. The molecule has 9 aliphatic rings. The molecule has 2 aliphatic heterocycles. The fourth-order valence-corrected chi connectivity index (χ4v) is 13.7. The molecule has 0 N–H and O–H groups in total. The molecule has 2 aromatic carbocycles. The number of aryl methyl sites for hydroxylation is 1. The van der Waals surface area contributed by atoms with Crippen LogP contribution in [0.4, 0.5) is 5.69 Å². The van der Waals surface area contributed by atoms with Crippen LogP contribution in [0.3, 0.4) is 0 Å². The number of benzene rings is 2. The minimum absolute atomic E-state index is 0.161. The topological polar surface area (TPSA) is 41.1 Å². The van der Waals surface area contributed by atoms with E-state index in [1.165, 1.54) is 92.4 Å². The maximum Gasteiger partial charge on any atom is 0.132 e. The minimum Gasteiger partial charge on any atom is -0.461 e. The Morgan fingerprint density at radius 2 is 1.69 bits per heavy atom. The van der Waals surface area contributed by atoms with Gasteiger partial charge in [0.05, 0.1) is 18.1 Å². The third-order valence-electron chi connectivity index (χ3n) is 15.3. The van der Waals surface area contributed by atoms with Gasteiger partial charge in [0.1, 0.15) is 17.0 Å². The summed E-state index contributed by atoms with van der Waals surface area (Å²) in [6.07, 6.45) is 33.4. The first kappa shape index (κ1) is 34.2. The van der Waals surface area contributed by atoms with Gasteiger partial charge in [-0.1, -0.05) is 85.0 Å². The van der Waals surface area contributed by atoms with Crippen LogP contribution in [-0.4, -0.2) is 29.7 Å². The highest BCUT2D eigenvalue weighted by Gasteiger charge is 2.42. The van der Waals surface area contributed by atoms with Crippen molar-refractivity contribution in [1.82, 2.24) is 0 Å². The van der Waals surface area contributed by atoms with Crippen molar-refractivity contribution in [3.8, 4) is 0 Å². The molecule has 4 aromatic rings. The minimum atomic E-state index is 0.161. The van der Waals surface area contributed by atoms with E-state index in [1.807, 2.05) is 0 Å². The molecule has 4 nitrogen and oxygen atoms in total. The molecule has 0 spiro atoms. The number of hydrogen-bond acceptors (Lipinski definition) is 5. The molecular formula is C53H51N3OS. The molecule has 58 heavy (non-hydrogen) atoms. The highest BCUT2D eigenvalue weighted by atomic mass is 32.1. The Morgan fingerprint density at radius 1 is 0.776 bits per heavy atom. The lowest BCUT2D eigenvalue weighted by atomic mass is 9.80. The zero-order valence-corrected chi connectivity index (χ0v) is 34.2. The summed E-state index contributed by atoms with van der Waals surface area (Å²) in [6, 6.07) is 21.1. The van der Waals surface area contributed by atoms with Gasteiger partial charge in [-0.25, -0.2) is 4.99 Å². The van der Waals surface area contributed by atoms with E-state index in [1.54, 1.807) is 15.7 Å². The molecule has 7 aliphatic carbocycles. The van der Waals surface area contributed by atoms with Crippen LogP contribution >= 0.6 is 11.3 Å². The highest BCUT2D eigenvalue weighted by Crippen LogP contribution is 2.50. The van der Waals surface area contributed by atoms with Crippen LogP contribution < -0.4 is 25.3 Å². The van der Waals surface area contributed by atoms with Gasteiger partial charge in [0.2, 0.25) is 0 Å². The van der Waals surface area contributed by atoms with Crippen LogP contribution in [0.2, 0.25) is 0 Å². The van der Waals surface area contributed by atoms with E-state index in [0.29, 0.717) is 12.0 Å². The second-order valence-electron chi connectivity index (χ2n) is 18.6. The van der Waals surface area contributed by atoms with Crippen molar-refractivity contribution in [2.45, 2.75) is 114 Å². The lowest BCUT2D eigenvalue weighted by Gasteiger charge is -2.38. The molecule has 5 heteroatoms. The van der Waals surface area contributed by atoms with Crippen LogP contribution in [0.1, 0.15) is 103 Å². The summed E-state index contributed by atoms with van der Waals surface area (Å²) in [5, 5.41) is 2.91. The average Bonchev–Trinajstić information content (AvgIpc) is 3.66. The Morgan fingerprint density at radius 3 is 2.64 bits per heavy atom. The Bertz CT molecular complexity index is 2810. The van der Waals surface area contributed by atoms with E-state index in [2.05, 4.69) is 113 Å². The van der Waals surface area contributed by atoms with E-state index in [4.69, 9.17) is 14.4 Å². The smallest absolute Gasteiger partial charge is 0.132 e. The maximum atomic E-state index is 6.99. The van der Waals surface area contributed by atoms with Gasteiger partial charge < -0.3 is 9.32 Å². The standard InChI is InChI=1S/C53H51N3OS/c1-2-9-31(10-3-1)33-19-22-39-38-11-4-6-15-47(38)56(48(39)27-33)37-21-24-41-40-23-20-35(28-49(40)57-50(41)29-37)53-54-45(34-18-17-32-25-36(32)26-34)30-46(55-53)44-14-8-13-43-42-12-5-7-16-51(42)58-52(43)44/h1-4,6,9-11,13,15,17-18,22,24,26,29,32-33,35-37,45,48H,5,7-8,12,14,16,19-21,23,25,27-28,30H2. The molecule has 1 fully saturated rings. The number of fused-ring (bicyclic) bond motifs is 10. The quantitative estimate of drug-likeness (QED) is 0.204. The van der Waals surface area contributed by atoms with Crippen molar-refractivity contribution in [1.29, 1.82) is 0 Å². The summed E-state index contributed by atoms with van der Waals surface area (Å²) < 4.78 is 8.52. The lowest BCUT2D eigenvalue weighted by Crippen LogP contribution is -2.44. The predicted octanol–water partition coefficient (Wildman–Crippen LogP) is 8.68. The van der Waals surface area contributed by atoms with Gasteiger partial charge >= 0.3 is 0 Å². The molecule has 7 atom stereocenters.